The number of amides is 1. The zero-order valence-electron chi connectivity index (χ0n) is 16.4. The Morgan fingerprint density at radius 1 is 1.24 bits per heavy atom. The Labute approximate surface area is 172 Å². The Balaban J connectivity index is 1.84. The van der Waals surface area contributed by atoms with Gasteiger partial charge in [0.2, 0.25) is 15.9 Å². The average Bonchev–Trinajstić information content (AvgIpc) is 3.16. The molecule has 0 unspecified atom stereocenters. The Morgan fingerprint density at radius 2 is 1.97 bits per heavy atom. The number of sulfonamides is 1. The van der Waals surface area contributed by atoms with E-state index in [0.717, 1.165) is 0 Å². The number of benzene rings is 1. The van der Waals surface area contributed by atoms with Crippen molar-refractivity contribution in [1.82, 2.24) is 13.9 Å². The van der Waals surface area contributed by atoms with Gasteiger partial charge in [-0.2, -0.15) is 4.31 Å². The first-order chi connectivity index (χ1) is 13.8. The lowest BCUT2D eigenvalue weighted by Crippen LogP contribution is -2.31. The van der Waals surface area contributed by atoms with Crippen LogP contribution in [-0.2, 0) is 21.4 Å². The van der Waals surface area contributed by atoms with Gasteiger partial charge in [-0.25, -0.2) is 13.4 Å². The molecule has 3 rings (SSSR count). The van der Waals surface area contributed by atoms with Crippen LogP contribution in [0.15, 0.2) is 45.7 Å². The van der Waals surface area contributed by atoms with Crippen LogP contribution < -0.4 is 10.9 Å². The molecule has 0 aliphatic rings. The number of fused-ring (bicyclic) bond motifs is 1. The van der Waals surface area contributed by atoms with E-state index in [1.165, 1.54) is 32.6 Å². The number of hydrogen-bond donors (Lipinski definition) is 1. The molecule has 0 bridgehead atoms. The van der Waals surface area contributed by atoms with E-state index in [-0.39, 0.29) is 17.0 Å². The first-order valence-corrected chi connectivity index (χ1v) is 11.4. The molecule has 0 spiro atoms. The van der Waals surface area contributed by atoms with Gasteiger partial charge in [0.05, 0.1) is 16.6 Å². The van der Waals surface area contributed by atoms with Crippen molar-refractivity contribution in [3.05, 3.63) is 51.9 Å². The molecule has 3 aromatic rings. The molecule has 0 radical (unpaired) electrons. The Hall–Kier alpha value is -2.56. The van der Waals surface area contributed by atoms with E-state index in [9.17, 15) is 18.0 Å². The molecule has 8 nitrogen and oxygen atoms in total. The van der Waals surface area contributed by atoms with Gasteiger partial charge in [0.15, 0.2) is 0 Å². The molecular formula is C19H22N4O4S2. The molecule has 0 atom stereocenters. The summed E-state index contributed by atoms with van der Waals surface area (Å²) >= 11 is 1.36. The summed E-state index contributed by atoms with van der Waals surface area (Å²) in [7, 11) is -3.66. The highest BCUT2D eigenvalue weighted by Crippen LogP contribution is 2.23. The summed E-state index contributed by atoms with van der Waals surface area (Å²) in [6.45, 7) is 5.76. The summed E-state index contributed by atoms with van der Waals surface area (Å²) in [6, 6.07) is 6.41. The van der Waals surface area contributed by atoms with Gasteiger partial charge in [-0.3, -0.25) is 14.2 Å². The van der Waals surface area contributed by atoms with Gasteiger partial charge in [0, 0.05) is 18.8 Å². The van der Waals surface area contributed by atoms with E-state index in [1.54, 1.807) is 44.4 Å². The molecule has 1 amide bonds. The molecule has 1 aromatic carbocycles. The van der Waals surface area contributed by atoms with Gasteiger partial charge >= 0.3 is 0 Å². The topological polar surface area (TPSA) is 101 Å². The van der Waals surface area contributed by atoms with Crippen LogP contribution in [0, 0.1) is 6.92 Å². The van der Waals surface area contributed by atoms with Crippen LogP contribution in [0.3, 0.4) is 0 Å². The fourth-order valence-electron chi connectivity index (χ4n) is 3.02. The third-order valence-electron chi connectivity index (χ3n) is 4.56. The first kappa shape index (κ1) is 21.2. The number of nitrogens with zero attached hydrogens (tertiary/aromatic N) is 3. The molecule has 0 fully saturated rings. The minimum atomic E-state index is -3.66. The van der Waals surface area contributed by atoms with Crippen molar-refractivity contribution in [1.29, 1.82) is 0 Å². The Morgan fingerprint density at radius 3 is 2.66 bits per heavy atom. The summed E-state index contributed by atoms with van der Waals surface area (Å²) < 4.78 is 28.3. The van der Waals surface area contributed by atoms with Crippen molar-refractivity contribution in [2.75, 3.05) is 18.4 Å². The highest BCUT2D eigenvalue weighted by atomic mass is 32.2. The van der Waals surface area contributed by atoms with Gasteiger partial charge < -0.3 is 5.32 Å². The minimum absolute atomic E-state index is 0.150. The third kappa shape index (κ3) is 4.24. The lowest BCUT2D eigenvalue weighted by atomic mass is 10.2. The van der Waals surface area contributed by atoms with E-state index >= 15 is 0 Å². The van der Waals surface area contributed by atoms with Gasteiger partial charge in [-0.15, -0.1) is 11.3 Å². The number of anilines is 1. The molecule has 2 aromatic heterocycles. The second-order valence-corrected chi connectivity index (χ2v) is 9.24. The standard InChI is InChI=1S/C19H22N4O4S2/c1-4-23(5-2)29(26,27)16-10-14(7-6-13(16)3)21-17(24)11-22-12-20-18-15(19(22)25)8-9-28-18/h6-10,12H,4-5,11H2,1-3H3,(H,21,24). The van der Waals surface area contributed by atoms with Crippen LogP contribution in [0.2, 0.25) is 0 Å². The quantitative estimate of drug-likeness (QED) is 0.615. The molecule has 10 heteroatoms. The van der Waals surface area contributed by atoms with Crippen LogP contribution in [0.25, 0.3) is 10.2 Å². The van der Waals surface area contributed by atoms with E-state index in [4.69, 9.17) is 0 Å². The number of thiophene rings is 1. The molecule has 0 aliphatic heterocycles. The lowest BCUT2D eigenvalue weighted by molar-refractivity contribution is -0.116. The summed E-state index contributed by atoms with van der Waals surface area (Å²) in [6.07, 6.45) is 1.34. The van der Waals surface area contributed by atoms with Crippen molar-refractivity contribution in [2.45, 2.75) is 32.2 Å². The number of nitrogens with one attached hydrogen (secondary N) is 1. The minimum Gasteiger partial charge on any atom is -0.324 e. The predicted molar refractivity (Wildman–Crippen MR) is 114 cm³/mol. The van der Waals surface area contributed by atoms with Gasteiger partial charge in [-0.05, 0) is 36.1 Å². The van der Waals surface area contributed by atoms with Crippen molar-refractivity contribution in [3.63, 3.8) is 0 Å². The monoisotopic (exact) mass is 434 g/mol. The van der Waals surface area contributed by atoms with Crippen LogP contribution >= 0.6 is 11.3 Å². The van der Waals surface area contributed by atoms with E-state index in [2.05, 4.69) is 10.3 Å². The van der Waals surface area contributed by atoms with Crippen LogP contribution in [0.5, 0.6) is 0 Å². The zero-order valence-corrected chi connectivity index (χ0v) is 18.0. The van der Waals surface area contributed by atoms with Crippen molar-refractivity contribution in [2.24, 2.45) is 0 Å². The number of aryl methyl sites for hydroxylation is 1. The summed E-state index contributed by atoms with van der Waals surface area (Å²) in [5, 5.41) is 4.90. The molecule has 29 heavy (non-hydrogen) atoms. The molecule has 0 saturated carbocycles. The lowest BCUT2D eigenvalue weighted by Gasteiger charge is -2.20. The van der Waals surface area contributed by atoms with Crippen molar-refractivity contribution >= 4 is 43.2 Å². The van der Waals surface area contributed by atoms with Gasteiger partial charge in [-0.1, -0.05) is 19.9 Å². The second-order valence-electron chi connectivity index (χ2n) is 6.43. The second kappa shape index (κ2) is 8.44. The maximum absolute atomic E-state index is 12.8. The molecule has 0 aliphatic carbocycles. The van der Waals surface area contributed by atoms with E-state index in [0.29, 0.717) is 34.6 Å². The zero-order chi connectivity index (χ0) is 21.2. The molecule has 0 saturated heterocycles. The Kier molecular flexibility index (Phi) is 6.15. The fraction of sp³-hybridized carbons (Fsp3) is 0.316. The van der Waals surface area contributed by atoms with Crippen LogP contribution in [0.4, 0.5) is 5.69 Å². The number of aromatic nitrogens is 2. The number of hydrogen-bond acceptors (Lipinski definition) is 6. The highest BCUT2D eigenvalue weighted by molar-refractivity contribution is 7.89. The number of rotatable bonds is 7. The van der Waals surface area contributed by atoms with Gasteiger partial charge in [0.25, 0.3) is 5.56 Å². The van der Waals surface area contributed by atoms with Crippen molar-refractivity contribution in [3.8, 4) is 0 Å². The third-order valence-corrected chi connectivity index (χ3v) is 7.57. The van der Waals surface area contributed by atoms with Crippen molar-refractivity contribution < 1.29 is 13.2 Å². The summed E-state index contributed by atoms with van der Waals surface area (Å²) in [4.78, 5) is 29.8. The highest BCUT2D eigenvalue weighted by Gasteiger charge is 2.24. The van der Waals surface area contributed by atoms with E-state index < -0.39 is 15.9 Å². The molecule has 1 N–H and O–H groups in total. The predicted octanol–water partition coefficient (Wildman–Crippen LogP) is 2.44. The number of carbonyl (C=O) groups is 1. The normalized spacial score (nSPS) is 11.9. The Bertz CT molecular complexity index is 1210. The fourth-order valence-corrected chi connectivity index (χ4v) is 5.45. The maximum Gasteiger partial charge on any atom is 0.262 e. The number of carbonyl (C=O) groups excluding carboxylic acids is 1. The molecule has 154 valence electrons. The molecule has 2 heterocycles. The summed E-state index contributed by atoms with van der Waals surface area (Å²) in [5.74, 6) is -0.446. The summed E-state index contributed by atoms with van der Waals surface area (Å²) in [5.41, 5.74) is 0.655. The van der Waals surface area contributed by atoms with Crippen LogP contribution in [0.1, 0.15) is 19.4 Å². The SMILES string of the molecule is CCN(CC)S(=O)(=O)c1cc(NC(=O)Cn2cnc3sccc3c2=O)ccc1C. The van der Waals surface area contributed by atoms with E-state index in [1.807, 2.05) is 0 Å². The van der Waals surface area contributed by atoms with Gasteiger partial charge in [0.1, 0.15) is 11.4 Å². The first-order valence-electron chi connectivity index (χ1n) is 9.11. The smallest absolute Gasteiger partial charge is 0.262 e. The maximum atomic E-state index is 12.8. The largest absolute Gasteiger partial charge is 0.324 e. The molecular weight excluding hydrogens is 412 g/mol. The van der Waals surface area contributed by atoms with Crippen LogP contribution in [-0.4, -0.2) is 41.3 Å². The average molecular weight is 435 g/mol.